The van der Waals surface area contributed by atoms with Crippen molar-refractivity contribution >= 4 is 39.4 Å². The van der Waals surface area contributed by atoms with Gasteiger partial charge in [0, 0.05) is 75.0 Å². The monoisotopic (exact) mass is 860 g/mol. The van der Waals surface area contributed by atoms with Crippen molar-refractivity contribution in [1.29, 1.82) is 0 Å². The number of carbonyl (C=O) groups is 2. The van der Waals surface area contributed by atoms with E-state index in [0.29, 0.717) is 55.5 Å². The molecule has 53 heavy (non-hydrogen) atoms. The number of likely N-dealkylation sites (N-methyl/N-ethyl adjacent to an activating group) is 1. The predicted octanol–water partition coefficient (Wildman–Crippen LogP) is 0.417. The van der Waals surface area contributed by atoms with Crippen LogP contribution in [0.5, 0.6) is 0 Å². The third-order valence-corrected chi connectivity index (χ3v) is 8.38. The van der Waals surface area contributed by atoms with Gasteiger partial charge in [-0.15, -0.1) is 0 Å². The van der Waals surface area contributed by atoms with Gasteiger partial charge in [-0.2, -0.15) is 13.0 Å². The summed E-state index contributed by atoms with van der Waals surface area (Å²) in [6, 6.07) is 19.2. The summed E-state index contributed by atoms with van der Waals surface area (Å²) in [6.45, 7) is 9.32. The van der Waals surface area contributed by atoms with Crippen LogP contribution in [-0.4, -0.2) is 115 Å². The molecule has 0 atom stereocenters. The Morgan fingerprint density at radius 2 is 1.70 bits per heavy atom. The zero-order chi connectivity index (χ0) is 37.1. The van der Waals surface area contributed by atoms with Crippen LogP contribution in [0.4, 0.5) is 22.1 Å². The fourth-order valence-electron chi connectivity index (χ4n) is 5.48. The Labute approximate surface area is 327 Å². The second-order valence-electron chi connectivity index (χ2n) is 12.6. The van der Waals surface area contributed by atoms with Crippen molar-refractivity contribution in [2.45, 2.75) is 20.2 Å². The zero-order valence-corrected chi connectivity index (χ0v) is 32.9. The summed E-state index contributed by atoms with van der Waals surface area (Å²) < 4.78 is 38.5. The second-order valence-corrected chi connectivity index (χ2v) is 14.1. The van der Waals surface area contributed by atoms with Gasteiger partial charge < -0.3 is 53.9 Å². The van der Waals surface area contributed by atoms with Crippen LogP contribution in [0, 0.1) is 6.92 Å². The van der Waals surface area contributed by atoms with Gasteiger partial charge in [-0.05, 0) is 61.5 Å². The Morgan fingerprint density at radius 3 is 2.40 bits per heavy atom. The van der Waals surface area contributed by atoms with Crippen LogP contribution in [-0.2, 0) is 32.9 Å². The van der Waals surface area contributed by atoms with Gasteiger partial charge in [-0.1, -0.05) is 18.2 Å². The lowest BCUT2D eigenvalue weighted by Crippen LogP contribution is -3.00. The highest BCUT2D eigenvalue weighted by atomic mass is 127. The minimum atomic E-state index is -3.67. The van der Waals surface area contributed by atoms with Crippen molar-refractivity contribution in [2.24, 2.45) is 0 Å². The molecule has 0 saturated carbocycles. The molecule has 2 amide bonds. The van der Waals surface area contributed by atoms with E-state index in [0.717, 1.165) is 49.5 Å². The van der Waals surface area contributed by atoms with Crippen molar-refractivity contribution in [2.75, 3.05) is 76.4 Å². The summed E-state index contributed by atoms with van der Waals surface area (Å²) in [6.07, 6.45) is 5.76. The third-order valence-electron chi connectivity index (χ3n) is 8.38. The number of pyridine rings is 1. The number of rotatable bonds is 9. The van der Waals surface area contributed by atoms with Crippen molar-refractivity contribution in [1.82, 2.24) is 24.7 Å². The highest BCUT2D eigenvalue weighted by Crippen LogP contribution is 2.25. The number of benzene rings is 2. The van der Waals surface area contributed by atoms with Gasteiger partial charge in [0.25, 0.3) is 22.8 Å². The maximum Gasteiger partial charge on any atom is 0.414 e. The van der Waals surface area contributed by atoms with Gasteiger partial charge in [0.2, 0.25) is 5.95 Å². The van der Waals surface area contributed by atoms with E-state index in [1.807, 2.05) is 80.0 Å². The first kappa shape index (κ1) is 41.5. The van der Waals surface area contributed by atoms with Gasteiger partial charge >= 0.3 is 6.09 Å². The van der Waals surface area contributed by atoms with E-state index in [1.165, 1.54) is 5.56 Å². The van der Waals surface area contributed by atoms with E-state index in [-0.39, 0.29) is 42.7 Å². The molecule has 0 spiro atoms. The number of nitrogens with one attached hydrogen (secondary N) is 2. The number of anilines is 3. The Balaban J connectivity index is 0.000000980. The van der Waals surface area contributed by atoms with Crippen LogP contribution in [0.1, 0.15) is 21.5 Å². The van der Waals surface area contributed by atoms with E-state index in [2.05, 4.69) is 32.5 Å². The van der Waals surface area contributed by atoms with Crippen molar-refractivity contribution < 1.29 is 60.6 Å². The van der Waals surface area contributed by atoms with Crippen molar-refractivity contribution in [3.05, 3.63) is 95.9 Å². The summed E-state index contributed by atoms with van der Waals surface area (Å²) >= 11 is 0. The van der Waals surface area contributed by atoms with Gasteiger partial charge in [0.1, 0.15) is 0 Å². The number of carbonyl (C=O) groups excluding carboxylic acids is 2. The van der Waals surface area contributed by atoms with Crippen LogP contribution < -0.4 is 39.2 Å². The maximum absolute atomic E-state index is 13.1. The molecular weight excluding hydrogens is 815 g/mol. The molecule has 17 heteroatoms. The molecule has 2 fully saturated rings. The van der Waals surface area contributed by atoms with E-state index in [9.17, 15) is 18.0 Å². The fourth-order valence-corrected chi connectivity index (χ4v) is 5.48. The lowest BCUT2D eigenvalue weighted by molar-refractivity contribution is -0.727. The average molecular weight is 861 g/mol. The SMILES string of the molecule is CS(=O)(=O)O.Cc1ccc(NC(=O)c2ccc(CN3CCN(C)CC3)cc2)cc1Nc1nccc(-c2ccc[n+](COC(=O)N3CCOCC3)c2)n1.[I-]. The molecule has 2 aliphatic heterocycles. The average Bonchev–Trinajstić information content (AvgIpc) is 3.13. The van der Waals surface area contributed by atoms with Crippen LogP contribution in [0.15, 0.2) is 79.3 Å². The van der Waals surface area contributed by atoms with Crippen LogP contribution >= 0.6 is 0 Å². The summed E-state index contributed by atoms with van der Waals surface area (Å²) in [7, 11) is -1.51. The molecule has 15 nitrogen and oxygen atoms in total. The fraction of sp³-hybridized carbons (Fsp3) is 0.361. The molecule has 284 valence electrons. The molecule has 0 aliphatic carbocycles. The first-order valence-electron chi connectivity index (χ1n) is 16.8. The number of amides is 2. The lowest BCUT2D eigenvalue weighted by atomic mass is 10.1. The van der Waals surface area contributed by atoms with Crippen molar-refractivity contribution in [3.8, 4) is 11.3 Å². The minimum absolute atomic E-state index is 0. The van der Waals surface area contributed by atoms with E-state index in [1.54, 1.807) is 15.7 Å². The molecule has 4 aromatic rings. The Kier molecular flexibility index (Phi) is 15.4. The number of hydrogen-bond acceptors (Lipinski definition) is 11. The quantitative estimate of drug-likeness (QED) is 0.121. The molecule has 2 aromatic carbocycles. The number of aromatic nitrogens is 3. The molecule has 2 aromatic heterocycles. The third kappa shape index (κ3) is 13.6. The molecule has 0 unspecified atom stereocenters. The first-order valence-corrected chi connectivity index (χ1v) is 18.7. The zero-order valence-electron chi connectivity index (χ0n) is 29.9. The number of piperazine rings is 1. The van der Waals surface area contributed by atoms with Crippen molar-refractivity contribution in [3.63, 3.8) is 0 Å². The standard InChI is InChI=1S/C35H40N8O4.CH4O3S.HI/c1-26-5-10-30(37-33(44)28-8-6-27(7-9-28)23-41-16-14-40(2)15-17-41)22-32(26)39-34-36-12-11-31(38-34)29-4-3-13-42(24-29)25-47-35(45)43-18-20-46-21-19-43;1-5(2,3)4;/h3-13,22,24H,14-21,23,25H2,1-2H3,(H-,36,37,38,39,44);1H3,(H,2,3,4);1H. The summed E-state index contributed by atoms with van der Waals surface area (Å²) in [5.41, 5.74) is 5.77. The highest BCUT2D eigenvalue weighted by Gasteiger charge is 2.20. The normalized spacial score (nSPS) is 15.0. The Hall–Kier alpha value is -4.27. The number of ether oxygens (including phenoxy) is 2. The van der Waals surface area contributed by atoms with Gasteiger partial charge in [0.15, 0.2) is 12.4 Å². The van der Waals surface area contributed by atoms with Gasteiger partial charge in [-0.25, -0.2) is 14.8 Å². The van der Waals surface area contributed by atoms with Crippen LogP contribution in [0.25, 0.3) is 11.3 Å². The Morgan fingerprint density at radius 1 is 1.00 bits per heavy atom. The molecule has 6 rings (SSSR count). The van der Waals surface area contributed by atoms with Gasteiger partial charge in [0.05, 0.1) is 30.7 Å². The number of aryl methyl sites for hydroxylation is 1. The summed E-state index contributed by atoms with van der Waals surface area (Å²) in [5.74, 6) is 0.247. The van der Waals surface area contributed by atoms with E-state index < -0.39 is 10.1 Å². The van der Waals surface area contributed by atoms with E-state index in [4.69, 9.17) is 19.0 Å². The molecule has 2 aliphatic rings. The molecule has 0 radical (unpaired) electrons. The molecule has 2 saturated heterocycles. The van der Waals surface area contributed by atoms with E-state index >= 15 is 0 Å². The number of halogens is 1. The molecular formula is C36H45IN8O7S. The number of hydrogen-bond donors (Lipinski definition) is 3. The van der Waals surface area contributed by atoms with Crippen LogP contribution in [0.2, 0.25) is 0 Å². The Bertz CT molecular complexity index is 1930. The summed E-state index contributed by atoms with van der Waals surface area (Å²) in [4.78, 5) is 41.1. The first-order chi connectivity index (χ1) is 24.9. The largest absolute Gasteiger partial charge is 1.00 e. The predicted molar refractivity (Wildman–Crippen MR) is 196 cm³/mol. The molecule has 4 heterocycles. The smallest absolute Gasteiger partial charge is 0.414 e. The molecule has 0 bridgehead atoms. The molecule has 3 N–H and O–H groups in total. The van der Waals surface area contributed by atoms with Gasteiger partial charge in [-0.3, -0.25) is 14.2 Å². The highest BCUT2D eigenvalue weighted by molar-refractivity contribution is 7.85. The maximum atomic E-state index is 13.1. The topological polar surface area (TPSA) is 170 Å². The number of nitrogens with zero attached hydrogens (tertiary/aromatic N) is 6. The van der Waals surface area contributed by atoms with Crippen LogP contribution in [0.3, 0.4) is 0 Å². The minimum Gasteiger partial charge on any atom is -1.00 e. The summed E-state index contributed by atoms with van der Waals surface area (Å²) in [5, 5.41) is 6.32. The lowest BCUT2D eigenvalue weighted by Gasteiger charge is -2.32. The second kappa shape index (κ2) is 19.7. The number of morpholine rings is 1.